The highest BCUT2D eigenvalue weighted by Crippen LogP contribution is 2.31. The minimum atomic E-state index is -0.576. The topological polar surface area (TPSA) is 66.8 Å². The molecule has 0 aromatic heterocycles. The average Bonchev–Trinajstić information content (AvgIpc) is 2.66. The lowest BCUT2D eigenvalue weighted by atomic mass is 9.87. The van der Waals surface area contributed by atoms with Crippen LogP contribution in [0.25, 0.3) is 0 Å². The van der Waals surface area contributed by atoms with E-state index in [4.69, 9.17) is 9.84 Å². The minimum Gasteiger partial charge on any atom is -0.392 e. The number of carbonyl (C=O) groups is 1. The first-order chi connectivity index (χ1) is 11.3. The van der Waals surface area contributed by atoms with E-state index in [1.807, 2.05) is 33.8 Å². The molecular formula is C20H34O4. The molecule has 0 aliphatic carbocycles. The molecule has 0 radical (unpaired) electrons. The number of rotatable bonds is 8. The Labute approximate surface area is 146 Å². The second kappa shape index (κ2) is 10.1. The molecule has 1 aliphatic rings. The lowest BCUT2D eigenvalue weighted by molar-refractivity contribution is -0.122. The molecule has 0 bridgehead atoms. The molecule has 0 spiro atoms. The van der Waals surface area contributed by atoms with Crippen molar-refractivity contribution in [3.05, 3.63) is 23.3 Å². The Morgan fingerprint density at radius 2 is 2.17 bits per heavy atom. The van der Waals surface area contributed by atoms with Crippen molar-refractivity contribution in [1.82, 2.24) is 0 Å². The number of carbonyl (C=O) groups excluding carboxylic acids is 1. The fourth-order valence-corrected chi connectivity index (χ4v) is 3.01. The van der Waals surface area contributed by atoms with Gasteiger partial charge in [-0.15, -0.1) is 0 Å². The van der Waals surface area contributed by atoms with E-state index in [-0.39, 0.29) is 18.3 Å². The van der Waals surface area contributed by atoms with Gasteiger partial charge in [0.2, 0.25) is 0 Å². The summed E-state index contributed by atoms with van der Waals surface area (Å²) in [4.78, 5) is 12.1. The van der Waals surface area contributed by atoms with E-state index in [1.54, 1.807) is 6.08 Å². The Bertz CT molecular complexity index is 462. The summed E-state index contributed by atoms with van der Waals surface area (Å²) >= 11 is 0. The molecule has 3 atom stereocenters. The van der Waals surface area contributed by atoms with Crippen molar-refractivity contribution in [1.29, 1.82) is 0 Å². The lowest BCUT2D eigenvalue weighted by Gasteiger charge is -2.33. The van der Waals surface area contributed by atoms with Crippen molar-refractivity contribution in [2.24, 2.45) is 5.92 Å². The van der Waals surface area contributed by atoms with Crippen molar-refractivity contribution in [3.8, 4) is 0 Å². The third kappa shape index (κ3) is 6.88. The van der Waals surface area contributed by atoms with Crippen molar-refractivity contribution in [2.75, 3.05) is 13.2 Å². The number of ketones is 1. The van der Waals surface area contributed by atoms with Crippen LogP contribution < -0.4 is 0 Å². The van der Waals surface area contributed by atoms with Crippen LogP contribution in [-0.4, -0.2) is 40.9 Å². The molecule has 1 heterocycles. The second-order valence-corrected chi connectivity index (χ2v) is 7.45. The van der Waals surface area contributed by atoms with Crippen molar-refractivity contribution in [3.63, 3.8) is 0 Å². The number of allylic oxidation sites excluding steroid dienone is 2. The lowest BCUT2D eigenvalue weighted by Crippen LogP contribution is -2.41. The molecule has 1 saturated heterocycles. The van der Waals surface area contributed by atoms with E-state index in [1.165, 1.54) is 5.57 Å². The van der Waals surface area contributed by atoms with E-state index in [0.29, 0.717) is 19.4 Å². The molecule has 0 aromatic rings. The predicted molar refractivity (Wildman–Crippen MR) is 96.8 cm³/mol. The normalized spacial score (nSPS) is 27.6. The maximum Gasteiger partial charge on any atom is 0.139 e. The van der Waals surface area contributed by atoms with Crippen LogP contribution in [0.15, 0.2) is 23.3 Å². The minimum absolute atomic E-state index is 0.0107. The summed E-state index contributed by atoms with van der Waals surface area (Å²) in [6, 6.07) is 0. The summed E-state index contributed by atoms with van der Waals surface area (Å²) in [6.07, 6.45) is 7.56. The van der Waals surface area contributed by atoms with Gasteiger partial charge in [-0.25, -0.2) is 0 Å². The van der Waals surface area contributed by atoms with E-state index < -0.39 is 11.7 Å². The Balaban J connectivity index is 2.48. The first kappa shape index (κ1) is 21.1. The summed E-state index contributed by atoms with van der Waals surface area (Å²) in [5.41, 5.74) is 1.64. The van der Waals surface area contributed by atoms with Crippen molar-refractivity contribution < 1.29 is 19.7 Å². The average molecular weight is 338 g/mol. The van der Waals surface area contributed by atoms with E-state index in [0.717, 1.165) is 31.3 Å². The number of aliphatic hydroxyl groups excluding tert-OH is 2. The van der Waals surface area contributed by atoms with E-state index >= 15 is 0 Å². The zero-order chi connectivity index (χ0) is 18.2. The molecular weight excluding hydrogens is 304 g/mol. The highest BCUT2D eigenvalue weighted by Gasteiger charge is 2.35. The summed E-state index contributed by atoms with van der Waals surface area (Å²) in [5, 5.41) is 19.4. The van der Waals surface area contributed by atoms with Gasteiger partial charge in [-0.1, -0.05) is 24.6 Å². The Morgan fingerprint density at radius 1 is 1.46 bits per heavy atom. The third-order valence-corrected chi connectivity index (χ3v) is 4.98. The van der Waals surface area contributed by atoms with Crippen LogP contribution in [0.2, 0.25) is 0 Å². The van der Waals surface area contributed by atoms with Gasteiger partial charge in [0.25, 0.3) is 0 Å². The molecule has 1 rings (SSSR count). The summed E-state index contributed by atoms with van der Waals surface area (Å²) in [6.45, 7) is 8.41. The number of aliphatic hydroxyl groups is 2. The highest BCUT2D eigenvalue weighted by molar-refractivity contribution is 5.82. The zero-order valence-corrected chi connectivity index (χ0v) is 15.7. The van der Waals surface area contributed by atoms with Crippen molar-refractivity contribution >= 4 is 5.78 Å². The van der Waals surface area contributed by atoms with Gasteiger partial charge in [0.05, 0.1) is 24.9 Å². The van der Waals surface area contributed by atoms with Gasteiger partial charge in [-0.05, 0) is 58.4 Å². The van der Waals surface area contributed by atoms with E-state index in [2.05, 4.69) is 0 Å². The number of hydrogen-bond donors (Lipinski definition) is 2. The molecule has 2 N–H and O–H groups in total. The highest BCUT2D eigenvalue weighted by atomic mass is 16.5. The fourth-order valence-electron chi connectivity index (χ4n) is 3.01. The SMILES string of the molecule is CC(C)=CCC(=O)C(C)CCC[C@@]1(C)OC/C(=C\CO)CC[C@H]1O. The Morgan fingerprint density at radius 3 is 2.79 bits per heavy atom. The molecule has 4 heteroatoms. The first-order valence-corrected chi connectivity index (χ1v) is 9.05. The standard InChI is InChI=1S/C20H34O4/c1-15(2)7-9-18(22)16(3)6-5-12-20(4)19(23)10-8-17(11-13-21)14-24-20/h7,11,16,19,21,23H,5-6,8-10,12-14H2,1-4H3/b17-11-/t16?,19-,20-/m1/s1. The largest absolute Gasteiger partial charge is 0.392 e. The number of ether oxygens (including phenoxy) is 1. The van der Waals surface area contributed by atoms with Gasteiger partial charge < -0.3 is 14.9 Å². The van der Waals surface area contributed by atoms with Gasteiger partial charge >= 0.3 is 0 Å². The zero-order valence-electron chi connectivity index (χ0n) is 15.7. The maximum absolute atomic E-state index is 12.1. The van der Waals surface area contributed by atoms with E-state index in [9.17, 15) is 9.90 Å². The first-order valence-electron chi connectivity index (χ1n) is 9.05. The van der Waals surface area contributed by atoms with Crippen molar-refractivity contribution in [2.45, 2.75) is 77.9 Å². The summed E-state index contributed by atoms with van der Waals surface area (Å²) in [7, 11) is 0. The predicted octanol–water partition coefficient (Wildman–Crippen LogP) is 3.57. The monoisotopic (exact) mass is 338 g/mol. The van der Waals surface area contributed by atoms with Gasteiger partial charge in [-0.2, -0.15) is 0 Å². The van der Waals surface area contributed by atoms with Crippen LogP contribution in [0.4, 0.5) is 0 Å². The summed E-state index contributed by atoms with van der Waals surface area (Å²) in [5.74, 6) is 0.314. The molecule has 138 valence electrons. The molecule has 0 saturated carbocycles. The molecule has 1 fully saturated rings. The summed E-state index contributed by atoms with van der Waals surface area (Å²) < 4.78 is 5.97. The molecule has 1 unspecified atom stereocenters. The third-order valence-electron chi connectivity index (χ3n) is 4.98. The molecule has 4 nitrogen and oxygen atoms in total. The Kier molecular flexibility index (Phi) is 8.88. The fraction of sp³-hybridized carbons (Fsp3) is 0.750. The van der Waals surface area contributed by atoms with Gasteiger partial charge in [0, 0.05) is 12.3 Å². The van der Waals surface area contributed by atoms with Gasteiger partial charge in [0.15, 0.2) is 0 Å². The molecule has 0 amide bonds. The van der Waals surface area contributed by atoms with Crippen LogP contribution >= 0.6 is 0 Å². The molecule has 24 heavy (non-hydrogen) atoms. The number of hydrogen-bond acceptors (Lipinski definition) is 4. The quantitative estimate of drug-likeness (QED) is 0.664. The van der Waals surface area contributed by atoms with Crippen LogP contribution in [0.5, 0.6) is 0 Å². The second-order valence-electron chi connectivity index (χ2n) is 7.45. The smallest absolute Gasteiger partial charge is 0.139 e. The van der Waals surface area contributed by atoms with Gasteiger partial charge in [0.1, 0.15) is 5.78 Å². The molecule has 0 aromatic carbocycles. The van der Waals surface area contributed by atoms with Crippen LogP contribution in [0.3, 0.4) is 0 Å². The Hall–Kier alpha value is -0.970. The maximum atomic E-state index is 12.1. The van der Waals surface area contributed by atoms with Crippen LogP contribution in [-0.2, 0) is 9.53 Å². The van der Waals surface area contributed by atoms with Crippen LogP contribution in [0.1, 0.15) is 66.2 Å². The van der Waals surface area contributed by atoms with Crippen LogP contribution in [0, 0.1) is 5.92 Å². The number of Topliss-reactive ketones (excluding diaryl/α,β-unsaturated/α-hetero) is 1. The van der Waals surface area contributed by atoms with Gasteiger partial charge in [-0.3, -0.25) is 4.79 Å². The molecule has 1 aliphatic heterocycles.